The minimum absolute atomic E-state index is 0.0193. The number of rotatable bonds is 5. The van der Waals surface area contributed by atoms with Crippen LogP contribution in [0.4, 0.5) is 0 Å². The molecule has 18 heavy (non-hydrogen) atoms. The number of halogens is 1. The lowest BCUT2D eigenvalue weighted by Gasteiger charge is -2.14. The standard InChI is InChI=1S/C12H16BrNO4/c1-3-18-10-5-7(4-8(13)12(10)16)9(14)6-11(15)17-2/h4-5,9,16H,3,6,14H2,1-2H3/t9-/m1/s1. The molecule has 0 saturated carbocycles. The predicted molar refractivity (Wildman–Crippen MR) is 70.5 cm³/mol. The van der Waals surface area contributed by atoms with E-state index in [1.807, 2.05) is 6.92 Å². The van der Waals surface area contributed by atoms with E-state index < -0.39 is 6.04 Å². The Morgan fingerprint density at radius 1 is 1.56 bits per heavy atom. The lowest BCUT2D eigenvalue weighted by molar-refractivity contribution is -0.141. The lowest BCUT2D eigenvalue weighted by Crippen LogP contribution is -2.16. The summed E-state index contributed by atoms with van der Waals surface area (Å²) in [7, 11) is 1.31. The second-order valence-corrected chi connectivity index (χ2v) is 4.52. The van der Waals surface area contributed by atoms with Crippen LogP contribution in [-0.2, 0) is 9.53 Å². The molecule has 1 atom stereocenters. The zero-order valence-electron chi connectivity index (χ0n) is 10.3. The third-order valence-electron chi connectivity index (χ3n) is 2.39. The van der Waals surface area contributed by atoms with Gasteiger partial charge in [-0.25, -0.2) is 0 Å². The van der Waals surface area contributed by atoms with Gasteiger partial charge >= 0.3 is 5.97 Å². The molecule has 0 heterocycles. The molecule has 0 aliphatic heterocycles. The molecule has 0 amide bonds. The van der Waals surface area contributed by atoms with E-state index in [0.29, 0.717) is 22.4 Å². The molecular weight excluding hydrogens is 302 g/mol. The fourth-order valence-electron chi connectivity index (χ4n) is 1.45. The average Bonchev–Trinajstić information content (AvgIpc) is 2.34. The normalized spacial score (nSPS) is 12.0. The Kier molecular flexibility index (Phi) is 5.43. The molecule has 0 fully saturated rings. The minimum atomic E-state index is -0.506. The van der Waals surface area contributed by atoms with Crippen molar-refractivity contribution in [3.05, 3.63) is 22.2 Å². The summed E-state index contributed by atoms with van der Waals surface area (Å²) in [5.74, 6) is -0.0299. The van der Waals surface area contributed by atoms with Gasteiger partial charge in [0, 0.05) is 6.04 Å². The molecular formula is C12H16BrNO4. The van der Waals surface area contributed by atoms with E-state index in [-0.39, 0.29) is 18.1 Å². The van der Waals surface area contributed by atoms with Gasteiger partial charge in [-0.1, -0.05) is 0 Å². The number of esters is 1. The summed E-state index contributed by atoms with van der Waals surface area (Å²) in [6, 6.07) is 2.77. The van der Waals surface area contributed by atoms with Crippen LogP contribution in [0.25, 0.3) is 0 Å². The number of benzene rings is 1. The van der Waals surface area contributed by atoms with Crippen LogP contribution in [0.5, 0.6) is 11.5 Å². The maximum atomic E-state index is 11.2. The first-order valence-corrected chi connectivity index (χ1v) is 6.26. The first kappa shape index (κ1) is 14.8. The van der Waals surface area contributed by atoms with Crippen molar-refractivity contribution >= 4 is 21.9 Å². The predicted octanol–water partition coefficient (Wildman–Crippen LogP) is 2.12. The van der Waals surface area contributed by atoms with Gasteiger partial charge < -0.3 is 20.3 Å². The summed E-state index contributed by atoms with van der Waals surface area (Å²) in [5.41, 5.74) is 6.59. The van der Waals surface area contributed by atoms with E-state index in [1.54, 1.807) is 12.1 Å². The summed E-state index contributed by atoms with van der Waals surface area (Å²) in [6.45, 7) is 2.24. The number of hydrogen-bond acceptors (Lipinski definition) is 5. The number of carbonyl (C=O) groups is 1. The number of phenolic OH excluding ortho intramolecular Hbond substituents is 1. The Morgan fingerprint density at radius 3 is 2.78 bits per heavy atom. The lowest BCUT2D eigenvalue weighted by atomic mass is 10.0. The Labute approximate surface area is 114 Å². The van der Waals surface area contributed by atoms with Crippen molar-refractivity contribution in [2.45, 2.75) is 19.4 Å². The third-order valence-corrected chi connectivity index (χ3v) is 3.00. The molecule has 0 bridgehead atoms. The summed E-state index contributed by atoms with van der Waals surface area (Å²) >= 11 is 3.22. The summed E-state index contributed by atoms with van der Waals surface area (Å²) < 4.78 is 10.3. The molecule has 0 aliphatic carbocycles. The number of phenols is 1. The number of ether oxygens (including phenoxy) is 2. The topological polar surface area (TPSA) is 81.8 Å². The number of methoxy groups -OCH3 is 1. The molecule has 1 rings (SSSR count). The van der Waals surface area contributed by atoms with Crippen LogP contribution in [0.15, 0.2) is 16.6 Å². The molecule has 0 aromatic heterocycles. The molecule has 6 heteroatoms. The Balaban J connectivity index is 2.98. The molecule has 100 valence electrons. The van der Waals surface area contributed by atoms with Crippen molar-refractivity contribution in [3.63, 3.8) is 0 Å². The van der Waals surface area contributed by atoms with Crippen molar-refractivity contribution in [1.82, 2.24) is 0 Å². The maximum Gasteiger partial charge on any atom is 0.307 e. The second kappa shape index (κ2) is 6.61. The fourth-order valence-corrected chi connectivity index (χ4v) is 1.91. The van der Waals surface area contributed by atoms with E-state index in [2.05, 4.69) is 20.7 Å². The van der Waals surface area contributed by atoms with Crippen LogP contribution in [0.3, 0.4) is 0 Å². The minimum Gasteiger partial charge on any atom is -0.503 e. The molecule has 1 aromatic carbocycles. The molecule has 3 N–H and O–H groups in total. The van der Waals surface area contributed by atoms with E-state index in [4.69, 9.17) is 10.5 Å². The van der Waals surface area contributed by atoms with Crippen LogP contribution in [-0.4, -0.2) is 24.8 Å². The highest BCUT2D eigenvalue weighted by molar-refractivity contribution is 9.10. The molecule has 0 radical (unpaired) electrons. The van der Waals surface area contributed by atoms with Crippen LogP contribution in [0.1, 0.15) is 24.9 Å². The van der Waals surface area contributed by atoms with Crippen LogP contribution < -0.4 is 10.5 Å². The van der Waals surface area contributed by atoms with Gasteiger partial charge in [-0.15, -0.1) is 0 Å². The third kappa shape index (κ3) is 3.61. The Bertz CT molecular complexity index is 436. The second-order valence-electron chi connectivity index (χ2n) is 3.67. The Hall–Kier alpha value is -1.27. The number of hydrogen-bond donors (Lipinski definition) is 2. The summed E-state index contributed by atoms with van der Waals surface area (Å²) in [5, 5.41) is 9.76. The average molecular weight is 318 g/mol. The largest absolute Gasteiger partial charge is 0.503 e. The van der Waals surface area contributed by atoms with Gasteiger partial charge in [0.1, 0.15) is 0 Å². The molecule has 1 aromatic rings. The molecule has 5 nitrogen and oxygen atoms in total. The van der Waals surface area contributed by atoms with E-state index >= 15 is 0 Å². The first-order chi connectivity index (χ1) is 8.49. The van der Waals surface area contributed by atoms with Crippen molar-refractivity contribution in [3.8, 4) is 11.5 Å². The van der Waals surface area contributed by atoms with Gasteiger partial charge in [0.15, 0.2) is 11.5 Å². The van der Waals surface area contributed by atoms with Crippen molar-refractivity contribution in [2.75, 3.05) is 13.7 Å². The van der Waals surface area contributed by atoms with E-state index in [0.717, 1.165) is 0 Å². The highest BCUT2D eigenvalue weighted by Crippen LogP contribution is 2.37. The summed E-state index contributed by atoms with van der Waals surface area (Å²) in [6.07, 6.45) is 0.0687. The quantitative estimate of drug-likeness (QED) is 0.813. The fraction of sp³-hybridized carbons (Fsp3) is 0.417. The van der Waals surface area contributed by atoms with Gasteiger partial charge in [0.25, 0.3) is 0 Å². The van der Waals surface area contributed by atoms with Crippen LogP contribution in [0, 0.1) is 0 Å². The molecule has 0 saturated heterocycles. The van der Waals surface area contributed by atoms with Gasteiger partial charge in [-0.2, -0.15) is 0 Å². The van der Waals surface area contributed by atoms with Gasteiger partial charge in [-0.3, -0.25) is 4.79 Å². The molecule has 0 aliphatic rings. The zero-order chi connectivity index (χ0) is 13.7. The number of nitrogens with two attached hydrogens (primary N) is 1. The maximum absolute atomic E-state index is 11.2. The number of aromatic hydroxyl groups is 1. The Morgan fingerprint density at radius 2 is 2.22 bits per heavy atom. The van der Waals surface area contributed by atoms with Crippen molar-refractivity contribution in [2.24, 2.45) is 5.73 Å². The smallest absolute Gasteiger partial charge is 0.307 e. The van der Waals surface area contributed by atoms with Crippen molar-refractivity contribution < 1.29 is 19.4 Å². The first-order valence-electron chi connectivity index (χ1n) is 5.47. The van der Waals surface area contributed by atoms with Gasteiger partial charge in [-0.05, 0) is 40.5 Å². The van der Waals surface area contributed by atoms with Crippen molar-refractivity contribution in [1.29, 1.82) is 0 Å². The number of carbonyl (C=O) groups excluding carboxylic acids is 1. The zero-order valence-corrected chi connectivity index (χ0v) is 11.9. The molecule has 0 unspecified atom stereocenters. The highest BCUT2D eigenvalue weighted by atomic mass is 79.9. The van der Waals surface area contributed by atoms with E-state index in [9.17, 15) is 9.90 Å². The van der Waals surface area contributed by atoms with Gasteiger partial charge in [0.05, 0.1) is 24.6 Å². The summed E-state index contributed by atoms with van der Waals surface area (Å²) in [4.78, 5) is 11.2. The molecule has 0 spiro atoms. The monoisotopic (exact) mass is 317 g/mol. The van der Waals surface area contributed by atoms with E-state index in [1.165, 1.54) is 7.11 Å². The van der Waals surface area contributed by atoms with Gasteiger partial charge in [0.2, 0.25) is 0 Å². The van der Waals surface area contributed by atoms with Crippen LogP contribution in [0.2, 0.25) is 0 Å². The highest BCUT2D eigenvalue weighted by Gasteiger charge is 2.16. The SMILES string of the molecule is CCOc1cc([C@H](N)CC(=O)OC)cc(Br)c1O. The van der Waals surface area contributed by atoms with Crippen LogP contribution >= 0.6 is 15.9 Å².